The number of nitriles is 1. The molecule has 0 aromatic carbocycles. The lowest BCUT2D eigenvalue weighted by Crippen LogP contribution is -1.95. The average molecular weight is 151 g/mol. The number of allylic oxidation sites excluding steroid dienone is 2. The Bertz CT molecular complexity index is 141. The van der Waals surface area contributed by atoms with Gasteiger partial charge >= 0.3 is 0 Å². The van der Waals surface area contributed by atoms with Gasteiger partial charge in [-0.2, -0.15) is 5.26 Å². The quantitative estimate of drug-likeness (QED) is 0.553. The molecule has 0 spiro atoms. The Morgan fingerprint density at radius 1 is 1.45 bits per heavy atom. The summed E-state index contributed by atoms with van der Waals surface area (Å²) in [6.45, 7) is 4.41. The molecule has 0 heterocycles. The fourth-order valence-corrected chi connectivity index (χ4v) is 1.21. The molecular weight excluding hydrogens is 134 g/mol. The van der Waals surface area contributed by atoms with E-state index < -0.39 is 0 Å². The Labute approximate surface area is 69.7 Å². The summed E-state index contributed by atoms with van der Waals surface area (Å²) in [7, 11) is 0. The van der Waals surface area contributed by atoms with E-state index in [0.717, 1.165) is 12.3 Å². The number of rotatable bonds is 5. The van der Waals surface area contributed by atoms with Crippen molar-refractivity contribution in [3.63, 3.8) is 0 Å². The molecule has 1 heteroatoms. The maximum atomic E-state index is 8.24. The van der Waals surface area contributed by atoms with E-state index >= 15 is 0 Å². The predicted octanol–water partition coefficient (Wildman–Crippen LogP) is 3.28. The first-order chi connectivity index (χ1) is 5.35. The van der Waals surface area contributed by atoms with Gasteiger partial charge in [-0.3, -0.25) is 0 Å². The van der Waals surface area contributed by atoms with Crippen molar-refractivity contribution in [3.05, 3.63) is 12.2 Å². The average Bonchev–Trinajstić information content (AvgIpc) is 2.03. The summed E-state index contributed by atoms with van der Waals surface area (Å²) in [5, 5.41) is 8.24. The zero-order valence-electron chi connectivity index (χ0n) is 7.51. The van der Waals surface area contributed by atoms with Crippen LogP contribution < -0.4 is 0 Å². The molecule has 62 valence electrons. The normalized spacial score (nSPS) is 13.2. The van der Waals surface area contributed by atoms with Crippen LogP contribution in [0.25, 0.3) is 0 Å². The van der Waals surface area contributed by atoms with Crippen LogP contribution in [0.4, 0.5) is 0 Å². The minimum absolute atomic E-state index is 0.782. The molecule has 0 saturated heterocycles. The van der Waals surface area contributed by atoms with Crippen molar-refractivity contribution in [2.75, 3.05) is 0 Å². The molecule has 0 amide bonds. The van der Waals surface area contributed by atoms with Gasteiger partial charge in [0.1, 0.15) is 0 Å². The van der Waals surface area contributed by atoms with Crippen LogP contribution in [0.5, 0.6) is 0 Å². The van der Waals surface area contributed by atoms with Crippen molar-refractivity contribution in [1.29, 1.82) is 5.26 Å². The van der Waals surface area contributed by atoms with Gasteiger partial charge in [0.25, 0.3) is 0 Å². The van der Waals surface area contributed by atoms with Crippen LogP contribution in [0.15, 0.2) is 12.2 Å². The third kappa shape index (κ3) is 5.66. The maximum Gasteiger partial charge on any atom is 0.0908 e. The summed E-state index contributed by atoms with van der Waals surface area (Å²) in [5.74, 6) is 0.782. The van der Waals surface area contributed by atoms with Crippen molar-refractivity contribution in [2.24, 2.45) is 5.92 Å². The zero-order valence-corrected chi connectivity index (χ0v) is 7.51. The van der Waals surface area contributed by atoms with E-state index in [-0.39, 0.29) is 0 Å². The molecule has 0 aliphatic rings. The highest BCUT2D eigenvalue weighted by Gasteiger charge is 2.00. The van der Waals surface area contributed by atoms with Gasteiger partial charge in [0.2, 0.25) is 0 Å². The molecule has 0 radical (unpaired) electrons. The minimum atomic E-state index is 0.782. The second-order valence-electron chi connectivity index (χ2n) is 2.83. The first-order valence-corrected chi connectivity index (χ1v) is 4.39. The van der Waals surface area contributed by atoms with Crippen molar-refractivity contribution in [1.82, 2.24) is 0 Å². The van der Waals surface area contributed by atoms with Gasteiger partial charge in [0.15, 0.2) is 0 Å². The zero-order chi connectivity index (χ0) is 8.53. The third-order valence-electron chi connectivity index (χ3n) is 1.94. The molecule has 0 saturated carbocycles. The Morgan fingerprint density at radius 3 is 2.64 bits per heavy atom. The van der Waals surface area contributed by atoms with Crippen molar-refractivity contribution in [2.45, 2.75) is 39.5 Å². The van der Waals surface area contributed by atoms with Gasteiger partial charge in [-0.25, -0.2) is 0 Å². The largest absolute Gasteiger partial charge is 0.193 e. The van der Waals surface area contributed by atoms with Crippen LogP contribution in [0.1, 0.15) is 39.5 Å². The summed E-state index contributed by atoms with van der Waals surface area (Å²) >= 11 is 0. The standard InChI is InChI=1S/C10H17N/c1-3-7-10(4-2)8-5-6-9-11/h5-6,10H,3-4,7-8H2,1-2H3. The molecule has 0 fully saturated rings. The number of nitrogens with zero attached hydrogens (tertiary/aromatic N) is 1. The monoisotopic (exact) mass is 151 g/mol. The van der Waals surface area contributed by atoms with Gasteiger partial charge in [0.05, 0.1) is 6.07 Å². The van der Waals surface area contributed by atoms with Gasteiger partial charge in [-0.05, 0) is 12.3 Å². The summed E-state index contributed by atoms with van der Waals surface area (Å²) < 4.78 is 0. The van der Waals surface area contributed by atoms with E-state index in [0.29, 0.717) is 0 Å². The van der Waals surface area contributed by atoms with Crippen LogP contribution >= 0.6 is 0 Å². The lowest BCUT2D eigenvalue weighted by molar-refractivity contribution is 0.470. The van der Waals surface area contributed by atoms with E-state index in [4.69, 9.17) is 5.26 Å². The Morgan fingerprint density at radius 2 is 2.18 bits per heavy atom. The topological polar surface area (TPSA) is 23.8 Å². The lowest BCUT2D eigenvalue weighted by Gasteiger charge is -2.09. The third-order valence-corrected chi connectivity index (χ3v) is 1.94. The molecule has 0 aliphatic carbocycles. The summed E-state index contributed by atoms with van der Waals surface area (Å²) in [6.07, 6.45) is 8.38. The van der Waals surface area contributed by atoms with Crippen LogP contribution in [0.3, 0.4) is 0 Å². The number of hydrogen-bond acceptors (Lipinski definition) is 1. The number of hydrogen-bond donors (Lipinski definition) is 0. The first-order valence-electron chi connectivity index (χ1n) is 4.39. The molecule has 0 aromatic heterocycles. The Hall–Kier alpha value is -0.770. The minimum Gasteiger partial charge on any atom is -0.193 e. The summed E-state index contributed by atoms with van der Waals surface area (Å²) in [5.41, 5.74) is 0. The van der Waals surface area contributed by atoms with E-state index in [1.54, 1.807) is 6.08 Å². The molecule has 0 bridgehead atoms. The van der Waals surface area contributed by atoms with E-state index in [1.807, 2.05) is 12.1 Å². The second-order valence-corrected chi connectivity index (χ2v) is 2.83. The van der Waals surface area contributed by atoms with E-state index in [2.05, 4.69) is 13.8 Å². The van der Waals surface area contributed by atoms with Crippen molar-refractivity contribution < 1.29 is 0 Å². The SMILES string of the molecule is CCCC(CC)CC=CC#N. The molecular formula is C10H17N. The van der Waals surface area contributed by atoms with Crippen LogP contribution in [-0.2, 0) is 0 Å². The molecule has 1 atom stereocenters. The van der Waals surface area contributed by atoms with Gasteiger partial charge in [-0.1, -0.05) is 39.2 Å². The van der Waals surface area contributed by atoms with Gasteiger partial charge in [0, 0.05) is 6.08 Å². The highest BCUT2D eigenvalue weighted by Crippen LogP contribution is 2.15. The highest BCUT2D eigenvalue weighted by molar-refractivity contribution is 5.01. The smallest absolute Gasteiger partial charge is 0.0908 e. The van der Waals surface area contributed by atoms with E-state index in [1.165, 1.54) is 19.3 Å². The molecule has 1 unspecified atom stereocenters. The fraction of sp³-hybridized carbons (Fsp3) is 0.700. The lowest BCUT2D eigenvalue weighted by atomic mass is 9.97. The van der Waals surface area contributed by atoms with Crippen LogP contribution in [0, 0.1) is 17.2 Å². The summed E-state index contributed by atoms with van der Waals surface area (Å²) in [6, 6.07) is 2.01. The Kier molecular flexibility index (Phi) is 6.82. The fourth-order valence-electron chi connectivity index (χ4n) is 1.21. The molecule has 1 nitrogen and oxygen atoms in total. The van der Waals surface area contributed by atoms with Crippen molar-refractivity contribution in [3.8, 4) is 6.07 Å². The van der Waals surface area contributed by atoms with Crippen LogP contribution in [0.2, 0.25) is 0 Å². The van der Waals surface area contributed by atoms with Gasteiger partial charge < -0.3 is 0 Å². The second kappa shape index (κ2) is 7.34. The molecule has 0 aliphatic heterocycles. The molecule has 11 heavy (non-hydrogen) atoms. The van der Waals surface area contributed by atoms with Gasteiger partial charge in [-0.15, -0.1) is 0 Å². The maximum absolute atomic E-state index is 8.24. The predicted molar refractivity (Wildman–Crippen MR) is 48.1 cm³/mol. The van der Waals surface area contributed by atoms with Crippen molar-refractivity contribution >= 4 is 0 Å². The Balaban J connectivity index is 3.53. The van der Waals surface area contributed by atoms with E-state index in [9.17, 15) is 0 Å². The highest BCUT2D eigenvalue weighted by atomic mass is 14.2. The van der Waals surface area contributed by atoms with Crippen LogP contribution in [-0.4, -0.2) is 0 Å². The summed E-state index contributed by atoms with van der Waals surface area (Å²) in [4.78, 5) is 0. The molecule has 0 N–H and O–H groups in total. The molecule has 0 rings (SSSR count). The molecule has 0 aromatic rings. The first kappa shape index (κ1) is 10.2.